The van der Waals surface area contributed by atoms with Gasteiger partial charge in [0, 0.05) is 13.0 Å². The Labute approximate surface area is 128 Å². The number of rotatable bonds is 6. The average Bonchev–Trinajstić information content (AvgIpc) is 2.85. The lowest BCUT2D eigenvalue weighted by atomic mass is 9.79. The molecular weight excluding hydrogens is 322 g/mol. The van der Waals surface area contributed by atoms with Crippen LogP contribution in [0.4, 0.5) is 0 Å². The molecule has 20 heavy (non-hydrogen) atoms. The first-order valence-corrected chi connectivity index (χ1v) is 7.91. The van der Waals surface area contributed by atoms with Gasteiger partial charge in [0.25, 0.3) is 0 Å². The molecule has 0 atom stereocenters. The maximum atomic E-state index is 12.7. The topological polar surface area (TPSA) is 70.1 Å². The van der Waals surface area contributed by atoms with Crippen LogP contribution in [-0.4, -0.2) is 35.8 Å². The Morgan fingerprint density at radius 1 is 1.50 bits per heavy atom. The second kappa shape index (κ2) is 7.33. The lowest BCUT2D eigenvalue weighted by Gasteiger charge is -2.26. The first-order valence-electron chi connectivity index (χ1n) is 7.11. The quantitative estimate of drug-likeness (QED) is 0.804. The lowest BCUT2D eigenvalue weighted by Crippen LogP contribution is -2.27. The average molecular weight is 344 g/mol. The number of nitrogens with two attached hydrogens (primary N) is 1. The van der Waals surface area contributed by atoms with Crippen molar-refractivity contribution in [1.29, 1.82) is 0 Å². The van der Waals surface area contributed by atoms with Crippen LogP contribution in [0.15, 0.2) is 10.7 Å². The molecule has 0 unspecified atom stereocenters. The number of methoxy groups -OCH3 is 1. The number of Topliss-reactive ketones (excluding diaryl/α,β-unsaturated/α-hetero) is 1. The van der Waals surface area contributed by atoms with Crippen molar-refractivity contribution in [3.05, 3.63) is 16.4 Å². The molecule has 0 amide bonds. The van der Waals surface area contributed by atoms with Crippen molar-refractivity contribution >= 4 is 21.7 Å². The van der Waals surface area contributed by atoms with Crippen molar-refractivity contribution in [2.45, 2.75) is 32.2 Å². The normalized spacial score (nSPS) is 22.9. The molecule has 1 aromatic heterocycles. The third-order valence-electron chi connectivity index (χ3n) is 4.09. The highest BCUT2D eigenvalue weighted by atomic mass is 79.9. The molecule has 1 aromatic rings. The van der Waals surface area contributed by atoms with Gasteiger partial charge in [-0.15, -0.1) is 0 Å². The number of ketones is 1. The Morgan fingerprint density at radius 3 is 2.80 bits per heavy atom. The standard InChI is InChI=1S/C14H22BrN3O2/c1-20-7-6-18-13(12(15)9-17-18)14(19)11-4-2-10(8-16)3-5-11/h9-11H,2-8,16H2,1H3. The maximum Gasteiger partial charge on any atom is 0.185 e. The van der Waals surface area contributed by atoms with Gasteiger partial charge < -0.3 is 10.5 Å². The fourth-order valence-corrected chi connectivity index (χ4v) is 3.30. The van der Waals surface area contributed by atoms with Gasteiger partial charge in [-0.2, -0.15) is 5.10 Å². The molecule has 0 spiro atoms. The molecule has 2 rings (SSSR count). The van der Waals surface area contributed by atoms with Crippen LogP contribution in [0.25, 0.3) is 0 Å². The van der Waals surface area contributed by atoms with Crippen molar-refractivity contribution in [2.75, 3.05) is 20.3 Å². The molecule has 112 valence electrons. The predicted molar refractivity (Wildman–Crippen MR) is 80.6 cm³/mol. The lowest BCUT2D eigenvalue weighted by molar-refractivity contribution is 0.0858. The molecule has 1 aliphatic carbocycles. The number of halogens is 1. The smallest absolute Gasteiger partial charge is 0.185 e. The van der Waals surface area contributed by atoms with Crippen LogP contribution in [0.1, 0.15) is 36.2 Å². The van der Waals surface area contributed by atoms with E-state index in [4.69, 9.17) is 10.5 Å². The van der Waals surface area contributed by atoms with Gasteiger partial charge in [-0.05, 0) is 54.1 Å². The van der Waals surface area contributed by atoms with Crippen molar-refractivity contribution in [1.82, 2.24) is 9.78 Å². The van der Waals surface area contributed by atoms with E-state index in [9.17, 15) is 4.79 Å². The van der Waals surface area contributed by atoms with Gasteiger partial charge in [-0.3, -0.25) is 9.48 Å². The van der Waals surface area contributed by atoms with Crippen LogP contribution in [0.2, 0.25) is 0 Å². The molecule has 6 heteroatoms. The van der Waals surface area contributed by atoms with Crippen molar-refractivity contribution in [3.8, 4) is 0 Å². The summed E-state index contributed by atoms with van der Waals surface area (Å²) in [5.41, 5.74) is 6.38. The van der Waals surface area contributed by atoms with Gasteiger partial charge in [0.05, 0.1) is 23.8 Å². The SMILES string of the molecule is COCCn1ncc(Br)c1C(=O)C1CCC(CN)CC1. The summed E-state index contributed by atoms with van der Waals surface area (Å²) < 4.78 is 7.58. The Bertz CT molecular complexity index is 453. The molecule has 1 aliphatic rings. The summed E-state index contributed by atoms with van der Waals surface area (Å²) in [6.45, 7) is 1.88. The van der Waals surface area contributed by atoms with Gasteiger partial charge >= 0.3 is 0 Å². The van der Waals surface area contributed by atoms with E-state index in [-0.39, 0.29) is 11.7 Å². The zero-order valence-electron chi connectivity index (χ0n) is 11.8. The van der Waals surface area contributed by atoms with E-state index in [0.717, 1.165) is 36.7 Å². The molecule has 5 nitrogen and oxygen atoms in total. The van der Waals surface area contributed by atoms with E-state index >= 15 is 0 Å². The Morgan fingerprint density at radius 2 is 2.20 bits per heavy atom. The Hall–Kier alpha value is -0.720. The van der Waals surface area contributed by atoms with Gasteiger partial charge in [-0.1, -0.05) is 0 Å². The number of aromatic nitrogens is 2. The molecule has 1 fully saturated rings. The highest BCUT2D eigenvalue weighted by Crippen LogP contribution is 2.32. The largest absolute Gasteiger partial charge is 0.383 e. The van der Waals surface area contributed by atoms with Crippen LogP contribution >= 0.6 is 15.9 Å². The second-order valence-electron chi connectivity index (χ2n) is 5.37. The minimum absolute atomic E-state index is 0.104. The van der Waals surface area contributed by atoms with Crippen LogP contribution in [0.5, 0.6) is 0 Å². The van der Waals surface area contributed by atoms with Crippen molar-refractivity contribution in [3.63, 3.8) is 0 Å². The van der Waals surface area contributed by atoms with Crippen LogP contribution in [0.3, 0.4) is 0 Å². The van der Waals surface area contributed by atoms with E-state index in [1.807, 2.05) is 0 Å². The number of nitrogens with zero attached hydrogens (tertiary/aromatic N) is 2. The highest BCUT2D eigenvalue weighted by molar-refractivity contribution is 9.10. The summed E-state index contributed by atoms with van der Waals surface area (Å²) in [6, 6.07) is 0. The van der Waals surface area contributed by atoms with Crippen LogP contribution in [0, 0.1) is 11.8 Å². The molecule has 2 N–H and O–H groups in total. The molecule has 0 radical (unpaired) electrons. The number of hydrogen-bond donors (Lipinski definition) is 1. The maximum absolute atomic E-state index is 12.7. The monoisotopic (exact) mass is 343 g/mol. The molecule has 1 heterocycles. The second-order valence-corrected chi connectivity index (χ2v) is 6.23. The fourth-order valence-electron chi connectivity index (χ4n) is 2.81. The van der Waals surface area contributed by atoms with Crippen molar-refractivity contribution in [2.24, 2.45) is 17.6 Å². The molecule has 0 aliphatic heterocycles. The zero-order chi connectivity index (χ0) is 14.5. The third kappa shape index (κ3) is 3.48. The van der Waals surface area contributed by atoms with Gasteiger partial charge in [0.1, 0.15) is 5.69 Å². The van der Waals surface area contributed by atoms with E-state index < -0.39 is 0 Å². The number of carbonyl (C=O) groups is 1. The van der Waals surface area contributed by atoms with Gasteiger partial charge in [0.2, 0.25) is 0 Å². The predicted octanol–water partition coefficient (Wildman–Crippen LogP) is 2.24. The molecule has 0 saturated heterocycles. The summed E-state index contributed by atoms with van der Waals surface area (Å²) in [5, 5.41) is 4.25. The summed E-state index contributed by atoms with van der Waals surface area (Å²) in [6.07, 6.45) is 5.66. The number of ether oxygens (including phenoxy) is 1. The Balaban J connectivity index is 2.07. The van der Waals surface area contributed by atoms with Crippen molar-refractivity contribution < 1.29 is 9.53 Å². The Kier molecular flexibility index (Phi) is 5.74. The van der Waals surface area contributed by atoms with Gasteiger partial charge in [-0.25, -0.2) is 0 Å². The van der Waals surface area contributed by atoms with E-state index in [1.165, 1.54) is 0 Å². The van der Waals surface area contributed by atoms with Crippen LogP contribution < -0.4 is 5.73 Å². The van der Waals surface area contributed by atoms with E-state index in [1.54, 1.807) is 18.0 Å². The summed E-state index contributed by atoms with van der Waals surface area (Å²) in [7, 11) is 1.65. The first-order chi connectivity index (χ1) is 9.67. The highest BCUT2D eigenvalue weighted by Gasteiger charge is 2.29. The summed E-state index contributed by atoms with van der Waals surface area (Å²) in [4.78, 5) is 12.7. The summed E-state index contributed by atoms with van der Waals surface area (Å²) in [5.74, 6) is 0.883. The van der Waals surface area contributed by atoms with Crippen LogP contribution in [-0.2, 0) is 11.3 Å². The van der Waals surface area contributed by atoms with E-state index in [0.29, 0.717) is 24.8 Å². The third-order valence-corrected chi connectivity index (χ3v) is 4.67. The minimum atomic E-state index is 0.104. The molecule has 1 saturated carbocycles. The summed E-state index contributed by atoms with van der Waals surface area (Å²) >= 11 is 3.44. The minimum Gasteiger partial charge on any atom is -0.383 e. The molecule has 0 bridgehead atoms. The molecular formula is C14H22BrN3O2. The number of hydrogen-bond acceptors (Lipinski definition) is 4. The fraction of sp³-hybridized carbons (Fsp3) is 0.714. The molecule has 0 aromatic carbocycles. The zero-order valence-corrected chi connectivity index (χ0v) is 13.4. The first kappa shape index (κ1) is 15.7. The van der Waals surface area contributed by atoms with E-state index in [2.05, 4.69) is 21.0 Å². The van der Waals surface area contributed by atoms with Gasteiger partial charge in [0.15, 0.2) is 5.78 Å². The number of carbonyl (C=O) groups excluding carboxylic acids is 1.